The van der Waals surface area contributed by atoms with Crippen molar-refractivity contribution in [2.75, 3.05) is 4.72 Å². The van der Waals surface area contributed by atoms with Crippen molar-refractivity contribution in [3.8, 4) is 0 Å². The Morgan fingerprint density at radius 3 is 2.26 bits per heavy atom. The van der Waals surface area contributed by atoms with E-state index in [1.54, 1.807) is 50.4 Å². The van der Waals surface area contributed by atoms with Crippen molar-refractivity contribution in [1.82, 2.24) is 9.88 Å². The van der Waals surface area contributed by atoms with E-state index in [1.165, 1.54) is 10.6 Å². The van der Waals surface area contributed by atoms with Crippen LogP contribution in [-0.4, -0.2) is 18.9 Å². The lowest BCUT2D eigenvalue weighted by atomic mass is 10.1. The second-order valence-electron chi connectivity index (χ2n) is 8.59. The van der Waals surface area contributed by atoms with Crippen LogP contribution in [0.4, 0.5) is 5.82 Å². The van der Waals surface area contributed by atoms with Crippen LogP contribution in [-0.2, 0) is 17.1 Å². The Kier molecular flexibility index (Phi) is 6.49. The Morgan fingerprint density at radius 2 is 1.57 bits per heavy atom. The van der Waals surface area contributed by atoms with Gasteiger partial charge >= 0.3 is 0 Å². The van der Waals surface area contributed by atoms with Crippen molar-refractivity contribution in [2.24, 2.45) is 7.05 Å². The lowest BCUT2D eigenvalue weighted by Gasteiger charge is -2.20. The summed E-state index contributed by atoms with van der Waals surface area (Å²) in [6.45, 7) is 5.52. The topological polar surface area (TPSA) is 97.3 Å². The number of benzene rings is 3. The van der Waals surface area contributed by atoms with Crippen LogP contribution >= 0.6 is 0 Å². The summed E-state index contributed by atoms with van der Waals surface area (Å²) in [5.74, 6) is -0.754. The van der Waals surface area contributed by atoms with Crippen LogP contribution in [0.1, 0.15) is 40.0 Å². The lowest BCUT2D eigenvalue weighted by Crippen LogP contribution is -2.34. The molecule has 1 unspecified atom stereocenters. The van der Waals surface area contributed by atoms with Crippen LogP contribution in [0.3, 0.4) is 0 Å². The normalized spacial score (nSPS) is 12.3. The minimum atomic E-state index is -4.09. The maximum Gasteiger partial charge on any atom is 0.263 e. The number of aromatic nitrogens is 1. The number of carbonyl (C=O) groups excluding carboxylic acids is 1. The molecule has 0 aliphatic carbocycles. The zero-order chi connectivity index (χ0) is 25.3. The Morgan fingerprint density at radius 1 is 0.914 bits per heavy atom. The van der Waals surface area contributed by atoms with Gasteiger partial charge in [0.2, 0.25) is 5.43 Å². The number of fused-ring (bicyclic) bond motifs is 1. The monoisotopic (exact) mass is 489 g/mol. The summed E-state index contributed by atoms with van der Waals surface area (Å²) in [4.78, 5) is 26.9. The predicted octanol–water partition coefficient (Wildman–Crippen LogP) is 4.45. The van der Waals surface area contributed by atoms with Gasteiger partial charge in [0.25, 0.3) is 15.9 Å². The van der Waals surface area contributed by atoms with Gasteiger partial charge in [0.05, 0.1) is 16.5 Å². The number of rotatable bonds is 6. The molecule has 180 valence electrons. The predicted molar refractivity (Wildman–Crippen MR) is 138 cm³/mol. The van der Waals surface area contributed by atoms with Gasteiger partial charge in [-0.3, -0.25) is 14.3 Å². The maximum atomic E-state index is 13.5. The molecule has 2 N–H and O–H groups in total. The smallest absolute Gasteiger partial charge is 0.263 e. The second kappa shape index (κ2) is 9.38. The molecule has 8 heteroatoms. The van der Waals surface area contributed by atoms with Crippen LogP contribution in [0.5, 0.6) is 0 Å². The number of aryl methyl sites for hydroxylation is 3. The Balaban J connectivity index is 1.85. The molecule has 4 rings (SSSR count). The Hall–Kier alpha value is -3.91. The van der Waals surface area contributed by atoms with Crippen molar-refractivity contribution >= 4 is 32.7 Å². The number of sulfonamides is 1. The molecule has 0 saturated carbocycles. The van der Waals surface area contributed by atoms with E-state index >= 15 is 0 Å². The van der Waals surface area contributed by atoms with Crippen LogP contribution < -0.4 is 15.5 Å². The SMILES string of the molecule is Cc1ccc(S(=O)(=O)Nc2c(C(=O)NC(C)c3ccccc3)c(=O)c3ccccc3n2C)cc1C. The molecule has 1 atom stereocenters. The molecule has 1 amide bonds. The minimum absolute atomic E-state index is 0.0465. The highest BCUT2D eigenvalue weighted by Gasteiger charge is 2.26. The number of anilines is 1. The highest BCUT2D eigenvalue weighted by molar-refractivity contribution is 7.92. The lowest BCUT2D eigenvalue weighted by molar-refractivity contribution is 0.0939. The number of hydrogen-bond donors (Lipinski definition) is 2. The van der Waals surface area contributed by atoms with Gasteiger partial charge in [-0.05, 0) is 61.7 Å². The first-order valence-electron chi connectivity index (χ1n) is 11.2. The number of pyridine rings is 1. The first-order chi connectivity index (χ1) is 16.6. The fourth-order valence-electron chi connectivity index (χ4n) is 3.98. The molecule has 4 aromatic rings. The number of carbonyl (C=O) groups is 1. The molecule has 0 aliphatic rings. The maximum absolute atomic E-state index is 13.5. The quantitative estimate of drug-likeness (QED) is 0.418. The average molecular weight is 490 g/mol. The van der Waals surface area contributed by atoms with Gasteiger partial charge in [0.15, 0.2) is 0 Å². The molecule has 35 heavy (non-hydrogen) atoms. The standard InChI is InChI=1S/C27H27N3O4S/c1-17-14-15-21(16-18(17)2)35(33,34)29-26-24(25(31)22-12-8-9-13-23(22)30(26)4)27(32)28-19(3)20-10-6-5-7-11-20/h5-16,19,29H,1-4H3,(H,28,32). The molecule has 0 bridgehead atoms. The Labute approximate surface area is 204 Å². The number of amides is 1. The number of hydrogen-bond acceptors (Lipinski definition) is 4. The zero-order valence-electron chi connectivity index (χ0n) is 20.0. The summed E-state index contributed by atoms with van der Waals surface area (Å²) in [5.41, 5.74) is 2.32. The van der Waals surface area contributed by atoms with Crippen LogP contribution in [0, 0.1) is 13.8 Å². The van der Waals surface area contributed by atoms with E-state index in [9.17, 15) is 18.0 Å². The highest BCUT2D eigenvalue weighted by Crippen LogP contribution is 2.24. The summed E-state index contributed by atoms with van der Waals surface area (Å²) >= 11 is 0. The summed E-state index contributed by atoms with van der Waals surface area (Å²) in [6.07, 6.45) is 0. The van der Waals surface area contributed by atoms with Crippen molar-refractivity contribution in [3.05, 3.63) is 105 Å². The molecule has 0 saturated heterocycles. The van der Waals surface area contributed by atoms with E-state index in [-0.39, 0.29) is 16.3 Å². The molecule has 3 aromatic carbocycles. The molecule has 1 aromatic heterocycles. The number of para-hydroxylation sites is 1. The van der Waals surface area contributed by atoms with E-state index in [4.69, 9.17) is 0 Å². The molecular weight excluding hydrogens is 462 g/mol. The molecule has 0 fully saturated rings. The number of nitrogens with zero attached hydrogens (tertiary/aromatic N) is 1. The Bertz CT molecular complexity index is 1590. The van der Waals surface area contributed by atoms with Crippen LogP contribution in [0.25, 0.3) is 10.9 Å². The van der Waals surface area contributed by atoms with Gasteiger partial charge in [0.1, 0.15) is 11.4 Å². The third kappa shape index (κ3) is 4.70. The van der Waals surface area contributed by atoms with Crippen molar-refractivity contribution < 1.29 is 13.2 Å². The molecular formula is C27H27N3O4S. The highest BCUT2D eigenvalue weighted by atomic mass is 32.2. The van der Waals surface area contributed by atoms with E-state index in [0.717, 1.165) is 16.7 Å². The molecule has 1 heterocycles. The van der Waals surface area contributed by atoms with Crippen molar-refractivity contribution in [3.63, 3.8) is 0 Å². The summed E-state index contributed by atoms with van der Waals surface area (Å²) in [7, 11) is -2.46. The summed E-state index contributed by atoms with van der Waals surface area (Å²) in [6, 6.07) is 20.5. The first kappa shape index (κ1) is 24.2. The fourth-order valence-corrected chi connectivity index (χ4v) is 5.17. The van der Waals surface area contributed by atoms with E-state index in [2.05, 4.69) is 10.0 Å². The minimum Gasteiger partial charge on any atom is -0.345 e. The average Bonchev–Trinajstić information content (AvgIpc) is 2.84. The van der Waals surface area contributed by atoms with Gasteiger partial charge < -0.3 is 9.88 Å². The van der Waals surface area contributed by atoms with E-state index < -0.39 is 27.4 Å². The molecule has 7 nitrogen and oxygen atoms in total. The van der Waals surface area contributed by atoms with Gasteiger partial charge in [-0.1, -0.05) is 48.5 Å². The van der Waals surface area contributed by atoms with E-state index in [0.29, 0.717) is 10.9 Å². The molecule has 0 aliphatic heterocycles. The van der Waals surface area contributed by atoms with Gasteiger partial charge in [-0.25, -0.2) is 8.42 Å². The third-order valence-corrected chi connectivity index (χ3v) is 7.54. The van der Waals surface area contributed by atoms with Crippen molar-refractivity contribution in [1.29, 1.82) is 0 Å². The molecule has 0 spiro atoms. The zero-order valence-corrected chi connectivity index (χ0v) is 20.8. The first-order valence-corrected chi connectivity index (χ1v) is 12.7. The van der Waals surface area contributed by atoms with Crippen molar-refractivity contribution in [2.45, 2.75) is 31.7 Å². The second-order valence-corrected chi connectivity index (χ2v) is 10.3. The van der Waals surface area contributed by atoms with Crippen LogP contribution in [0.2, 0.25) is 0 Å². The third-order valence-electron chi connectivity index (χ3n) is 6.20. The fraction of sp³-hybridized carbons (Fsp3) is 0.185. The largest absolute Gasteiger partial charge is 0.345 e. The van der Waals surface area contributed by atoms with Gasteiger partial charge in [0, 0.05) is 12.4 Å². The molecule has 0 radical (unpaired) electrons. The van der Waals surface area contributed by atoms with Gasteiger partial charge in [-0.15, -0.1) is 0 Å². The van der Waals surface area contributed by atoms with Crippen LogP contribution in [0.15, 0.2) is 82.5 Å². The van der Waals surface area contributed by atoms with E-state index in [1.807, 2.05) is 44.2 Å². The number of nitrogens with one attached hydrogen (secondary N) is 2. The summed E-state index contributed by atoms with van der Waals surface area (Å²) in [5, 5.41) is 3.16. The summed E-state index contributed by atoms with van der Waals surface area (Å²) < 4.78 is 30.7. The van der Waals surface area contributed by atoms with Gasteiger partial charge in [-0.2, -0.15) is 0 Å².